The van der Waals surface area contributed by atoms with E-state index in [4.69, 9.17) is 9.47 Å². The van der Waals surface area contributed by atoms with Crippen molar-refractivity contribution in [2.45, 2.75) is 60.2 Å². The van der Waals surface area contributed by atoms with Crippen molar-refractivity contribution in [3.8, 4) is 5.75 Å². The molecule has 1 heterocycles. The van der Waals surface area contributed by atoms with Crippen molar-refractivity contribution in [1.82, 2.24) is 4.90 Å². The van der Waals surface area contributed by atoms with E-state index in [0.717, 1.165) is 22.3 Å². The molecule has 214 valence electrons. The molecule has 0 aromatic heterocycles. The first kappa shape index (κ1) is 29.6. The predicted octanol–water partition coefficient (Wildman–Crippen LogP) is 6.53. The number of carbonyl (C=O) groups is 3. The van der Waals surface area contributed by atoms with E-state index in [0.29, 0.717) is 29.4 Å². The van der Waals surface area contributed by atoms with E-state index in [-0.39, 0.29) is 24.0 Å². The van der Waals surface area contributed by atoms with Crippen LogP contribution in [-0.4, -0.2) is 40.4 Å². The van der Waals surface area contributed by atoms with Crippen LogP contribution in [0.4, 0.5) is 0 Å². The number of hydrogen-bond donors (Lipinski definition) is 1. The number of likely N-dealkylation sites (tertiary alicyclic amines) is 1. The highest BCUT2D eigenvalue weighted by atomic mass is 16.5. The third-order valence-corrected chi connectivity index (χ3v) is 6.80. The van der Waals surface area contributed by atoms with Gasteiger partial charge >= 0.3 is 5.97 Å². The Morgan fingerprint density at radius 1 is 0.927 bits per heavy atom. The van der Waals surface area contributed by atoms with Crippen LogP contribution in [0.25, 0.3) is 5.76 Å². The highest BCUT2D eigenvalue weighted by Gasteiger charge is 2.46. The molecule has 0 saturated carbocycles. The number of Topliss-reactive ketones (excluding diaryl/α,β-unsaturated/α-hetero) is 1. The molecule has 1 amide bonds. The van der Waals surface area contributed by atoms with Crippen LogP contribution < -0.4 is 4.74 Å². The van der Waals surface area contributed by atoms with Gasteiger partial charge in [0.05, 0.1) is 29.9 Å². The molecule has 1 aliphatic rings. The second kappa shape index (κ2) is 12.4. The molecule has 3 aromatic carbocycles. The Kier molecular flexibility index (Phi) is 8.96. The Morgan fingerprint density at radius 2 is 1.61 bits per heavy atom. The normalized spacial score (nSPS) is 16.5. The second-order valence-electron chi connectivity index (χ2n) is 11.2. The molecule has 0 radical (unpaired) electrons. The van der Waals surface area contributed by atoms with Gasteiger partial charge in [-0.25, -0.2) is 4.79 Å². The summed E-state index contributed by atoms with van der Waals surface area (Å²) in [5.41, 5.74) is 4.09. The zero-order chi connectivity index (χ0) is 29.8. The monoisotopic (exact) mass is 555 g/mol. The summed E-state index contributed by atoms with van der Waals surface area (Å²) in [6.45, 7) is 12.2. The molecule has 7 nitrogen and oxygen atoms in total. The number of ketones is 1. The lowest BCUT2D eigenvalue weighted by molar-refractivity contribution is -0.140. The predicted molar refractivity (Wildman–Crippen MR) is 158 cm³/mol. The van der Waals surface area contributed by atoms with E-state index in [1.54, 1.807) is 56.3 Å². The Labute approximate surface area is 241 Å². The third kappa shape index (κ3) is 6.68. The fourth-order valence-corrected chi connectivity index (χ4v) is 4.83. The molecule has 0 aliphatic carbocycles. The van der Waals surface area contributed by atoms with E-state index in [1.165, 1.54) is 4.90 Å². The quantitative estimate of drug-likeness (QED) is 0.140. The molecule has 1 saturated heterocycles. The van der Waals surface area contributed by atoms with Gasteiger partial charge in [0.25, 0.3) is 11.7 Å². The molecule has 1 aliphatic heterocycles. The average molecular weight is 556 g/mol. The van der Waals surface area contributed by atoms with Crippen LogP contribution in [0.3, 0.4) is 0 Å². The third-order valence-electron chi connectivity index (χ3n) is 6.80. The smallest absolute Gasteiger partial charge is 0.338 e. The van der Waals surface area contributed by atoms with Crippen LogP contribution in [0.1, 0.15) is 71.9 Å². The first-order valence-electron chi connectivity index (χ1n) is 13.8. The Balaban J connectivity index is 1.73. The Hall–Kier alpha value is -4.39. The molecule has 7 heteroatoms. The minimum absolute atomic E-state index is 0.0352. The van der Waals surface area contributed by atoms with Crippen LogP contribution in [0.15, 0.2) is 72.3 Å². The lowest BCUT2D eigenvalue weighted by atomic mass is 9.94. The molecular weight excluding hydrogens is 518 g/mol. The van der Waals surface area contributed by atoms with Gasteiger partial charge in [0, 0.05) is 12.1 Å². The topological polar surface area (TPSA) is 93.1 Å². The van der Waals surface area contributed by atoms with Gasteiger partial charge in [-0.05, 0) is 80.6 Å². The molecule has 1 unspecified atom stereocenters. The number of aliphatic hydroxyl groups is 1. The van der Waals surface area contributed by atoms with Gasteiger partial charge < -0.3 is 19.5 Å². The van der Waals surface area contributed by atoms with Gasteiger partial charge in [0.1, 0.15) is 11.5 Å². The van der Waals surface area contributed by atoms with E-state index in [2.05, 4.69) is 13.8 Å². The summed E-state index contributed by atoms with van der Waals surface area (Å²) < 4.78 is 11.1. The summed E-state index contributed by atoms with van der Waals surface area (Å²) in [6, 6.07) is 18.8. The first-order chi connectivity index (χ1) is 19.5. The van der Waals surface area contributed by atoms with Crippen molar-refractivity contribution in [1.29, 1.82) is 0 Å². The summed E-state index contributed by atoms with van der Waals surface area (Å²) in [4.78, 5) is 40.6. The van der Waals surface area contributed by atoms with Gasteiger partial charge in [0.2, 0.25) is 0 Å². The Bertz CT molecular complexity index is 1490. The number of ether oxygens (including phenoxy) is 2. The molecule has 1 N–H and O–H groups in total. The lowest BCUT2D eigenvalue weighted by Gasteiger charge is -2.26. The van der Waals surface area contributed by atoms with E-state index >= 15 is 0 Å². The van der Waals surface area contributed by atoms with Gasteiger partial charge in [-0.15, -0.1) is 0 Å². The molecular formula is C34H37NO6. The van der Waals surface area contributed by atoms with Gasteiger partial charge in [0.15, 0.2) is 0 Å². The summed E-state index contributed by atoms with van der Waals surface area (Å²) in [5, 5.41) is 11.5. The lowest BCUT2D eigenvalue weighted by Crippen LogP contribution is -2.29. The number of aryl methyl sites for hydroxylation is 2. The fraction of sp³-hybridized carbons (Fsp3) is 0.324. The van der Waals surface area contributed by atoms with Crippen molar-refractivity contribution < 1.29 is 29.0 Å². The molecule has 41 heavy (non-hydrogen) atoms. The molecule has 4 rings (SSSR count). The van der Waals surface area contributed by atoms with Crippen LogP contribution in [0.5, 0.6) is 5.75 Å². The van der Waals surface area contributed by atoms with Crippen molar-refractivity contribution >= 4 is 23.4 Å². The van der Waals surface area contributed by atoms with Crippen molar-refractivity contribution in [2.75, 3.05) is 6.61 Å². The molecule has 1 fully saturated rings. The van der Waals surface area contributed by atoms with Crippen molar-refractivity contribution in [3.63, 3.8) is 0 Å². The number of hydrogen-bond acceptors (Lipinski definition) is 6. The van der Waals surface area contributed by atoms with E-state index in [9.17, 15) is 19.5 Å². The maximum absolute atomic E-state index is 13.5. The SMILES string of the molecule is Cc1cccc(C2/C(=C(/O)c3ccc(OCC(C)C)c(C)c3)C(=O)C(=O)N2Cc2ccc(C(=O)OC(C)C)cc2)c1. The zero-order valence-electron chi connectivity index (χ0n) is 24.4. The van der Waals surface area contributed by atoms with Crippen LogP contribution in [0.2, 0.25) is 0 Å². The van der Waals surface area contributed by atoms with Crippen LogP contribution in [0, 0.1) is 19.8 Å². The number of rotatable bonds is 9. The van der Waals surface area contributed by atoms with E-state index in [1.807, 2.05) is 38.1 Å². The maximum atomic E-state index is 13.5. The number of carbonyl (C=O) groups excluding carboxylic acids is 3. The number of nitrogens with zero attached hydrogens (tertiary/aromatic N) is 1. The summed E-state index contributed by atoms with van der Waals surface area (Å²) in [6.07, 6.45) is -0.240. The first-order valence-corrected chi connectivity index (χ1v) is 13.8. The number of aliphatic hydroxyl groups excluding tert-OH is 1. The molecule has 1 atom stereocenters. The van der Waals surface area contributed by atoms with Crippen molar-refractivity contribution in [2.24, 2.45) is 5.92 Å². The van der Waals surface area contributed by atoms with Crippen molar-refractivity contribution in [3.05, 3.63) is 106 Å². The van der Waals surface area contributed by atoms with Gasteiger partial charge in [-0.3, -0.25) is 9.59 Å². The largest absolute Gasteiger partial charge is 0.507 e. The summed E-state index contributed by atoms with van der Waals surface area (Å²) >= 11 is 0. The number of esters is 1. The maximum Gasteiger partial charge on any atom is 0.338 e. The zero-order valence-corrected chi connectivity index (χ0v) is 24.4. The minimum Gasteiger partial charge on any atom is -0.507 e. The molecule has 0 bridgehead atoms. The average Bonchev–Trinajstić information content (AvgIpc) is 3.16. The number of benzene rings is 3. The molecule has 3 aromatic rings. The van der Waals surface area contributed by atoms with Crippen LogP contribution in [-0.2, 0) is 20.9 Å². The standard InChI is InChI=1S/C34H37NO6/c1-20(2)19-40-28-15-14-27(17-23(28)6)31(36)29-30(26-9-7-8-22(5)16-26)35(33(38)32(29)37)18-24-10-12-25(13-11-24)34(39)41-21(3)4/h7-17,20-21,30,36H,18-19H2,1-6H3/b31-29-. The molecule has 0 spiro atoms. The highest BCUT2D eigenvalue weighted by Crippen LogP contribution is 2.41. The highest BCUT2D eigenvalue weighted by molar-refractivity contribution is 6.46. The summed E-state index contributed by atoms with van der Waals surface area (Å²) in [5.74, 6) is -1.05. The van der Waals surface area contributed by atoms with E-state index < -0.39 is 23.7 Å². The summed E-state index contributed by atoms with van der Waals surface area (Å²) in [7, 11) is 0. The van der Waals surface area contributed by atoms with Gasteiger partial charge in [-0.2, -0.15) is 0 Å². The minimum atomic E-state index is -0.794. The fourth-order valence-electron chi connectivity index (χ4n) is 4.83. The Morgan fingerprint density at radius 3 is 2.22 bits per heavy atom. The number of amides is 1. The van der Waals surface area contributed by atoms with Gasteiger partial charge in [-0.1, -0.05) is 55.8 Å². The second-order valence-corrected chi connectivity index (χ2v) is 11.2. The van der Waals surface area contributed by atoms with Crippen LogP contribution >= 0.6 is 0 Å².